The second-order valence-electron chi connectivity index (χ2n) is 8.13. The summed E-state index contributed by atoms with van der Waals surface area (Å²) < 4.78 is 46.7. The summed E-state index contributed by atoms with van der Waals surface area (Å²) in [5.41, 5.74) is 1.80. The molecule has 1 unspecified atom stereocenters. The van der Waals surface area contributed by atoms with Crippen LogP contribution in [0.3, 0.4) is 0 Å². The highest BCUT2D eigenvalue weighted by Gasteiger charge is 2.36. The number of aryl methyl sites for hydroxylation is 3. The third-order valence-corrected chi connectivity index (χ3v) is 6.01. The zero-order valence-electron chi connectivity index (χ0n) is 18.1. The molecule has 1 aliphatic heterocycles. The summed E-state index contributed by atoms with van der Waals surface area (Å²) in [7, 11) is 0. The van der Waals surface area contributed by atoms with Crippen LogP contribution in [0.1, 0.15) is 54.0 Å². The monoisotopic (exact) mass is 459 g/mol. The Morgan fingerprint density at radius 3 is 2.55 bits per heavy atom. The van der Waals surface area contributed by atoms with Crippen molar-refractivity contribution in [1.82, 2.24) is 15.0 Å². The number of benzene rings is 2. The molecule has 1 N–H and O–H groups in total. The average Bonchev–Trinajstić information content (AvgIpc) is 3.47. The lowest BCUT2D eigenvalue weighted by molar-refractivity contribution is -0.138. The number of carboxylic acid groups (broad SMARTS) is 1. The molecule has 2 heterocycles. The molecule has 0 saturated carbocycles. The number of aromatic nitrogens is 2. The molecule has 2 aromatic carbocycles. The summed E-state index contributed by atoms with van der Waals surface area (Å²) in [6, 6.07) is 11.3. The van der Waals surface area contributed by atoms with Crippen LogP contribution < -0.4 is 0 Å². The fraction of sp³-hybridized carbons (Fsp3) is 0.375. The Kier molecular flexibility index (Phi) is 6.40. The maximum Gasteiger partial charge on any atom is 0.416 e. The number of nitrogens with zero attached hydrogens (tertiary/aromatic N) is 3. The molecule has 0 radical (unpaired) electrons. The number of hydrogen-bond donors (Lipinski definition) is 1. The zero-order chi connectivity index (χ0) is 23.6. The summed E-state index contributed by atoms with van der Waals surface area (Å²) in [6.45, 7) is 2.40. The Labute approximate surface area is 189 Å². The molecule has 1 aromatic heterocycles. The van der Waals surface area contributed by atoms with E-state index < -0.39 is 23.9 Å². The SMILES string of the molecule is CCc1ccc(CCc2ccc(-c3noc(C4CCCN4C(=O)O)n3)cc2C(F)(F)F)cc1. The van der Waals surface area contributed by atoms with Crippen LogP contribution in [0.4, 0.5) is 18.0 Å². The van der Waals surface area contributed by atoms with Crippen molar-refractivity contribution < 1.29 is 27.6 Å². The predicted octanol–water partition coefficient (Wildman–Crippen LogP) is 5.92. The first-order chi connectivity index (χ1) is 15.8. The van der Waals surface area contributed by atoms with Gasteiger partial charge in [0.05, 0.1) is 5.56 Å². The van der Waals surface area contributed by atoms with Crippen LogP contribution in [-0.2, 0) is 25.4 Å². The first-order valence-corrected chi connectivity index (χ1v) is 10.9. The van der Waals surface area contributed by atoms with Gasteiger partial charge in [-0.1, -0.05) is 48.5 Å². The first kappa shape index (κ1) is 22.8. The molecular formula is C24H24F3N3O3. The highest BCUT2D eigenvalue weighted by molar-refractivity contribution is 5.66. The van der Waals surface area contributed by atoms with Crippen LogP contribution in [0.25, 0.3) is 11.4 Å². The number of carbonyl (C=O) groups is 1. The van der Waals surface area contributed by atoms with E-state index in [4.69, 9.17) is 4.52 Å². The highest BCUT2D eigenvalue weighted by Crippen LogP contribution is 2.36. The third-order valence-electron chi connectivity index (χ3n) is 6.01. The molecule has 3 aromatic rings. The fourth-order valence-corrected chi connectivity index (χ4v) is 4.16. The van der Waals surface area contributed by atoms with Crippen molar-refractivity contribution in [3.05, 3.63) is 70.6 Å². The fourth-order valence-electron chi connectivity index (χ4n) is 4.16. The van der Waals surface area contributed by atoms with Crippen LogP contribution in [0.15, 0.2) is 47.0 Å². The van der Waals surface area contributed by atoms with Gasteiger partial charge in [0.25, 0.3) is 0 Å². The summed E-state index contributed by atoms with van der Waals surface area (Å²) in [4.78, 5) is 16.8. The van der Waals surface area contributed by atoms with Gasteiger partial charge in [0.1, 0.15) is 6.04 Å². The Balaban J connectivity index is 1.56. The van der Waals surface area contributed by atoms with E-state index in [0.29, 0.717) is 25.8 Å². The number of amides is 1. The van der Waals surface area contributed by atoms with Crippen molar-refractivity contribution in [2.45, 2.75) is 51.2 Å². The quantitative estimate of drug-likeness (QED) is 0.495. The molecule has 1 aliphatic rings. The standard InChI is InChI=1S/C24H24F3N3O3/c1-2-15-5-7-16(8-6-15)9-10-17-11-12-18(14-19(17)24(25,26)27)21-28-22(33-29-21)20-4-3-13-30(20)23(31)32/h5-8,11-12,14,20H,2-4,9-10,13H2,1H3,(H,31,32). The summed E-state index contributed by atoms with van der Waals surface area (Å²) in [5.74, 6) is 0.104. The average molecular weight is 459 g/mol. The van der Waals surface area contributed by atoms with Crippen molar-refractivity contribution in [3.63, 3.8) is 0 Å². The lowest BCUT2D eigenvalue weighted by atomic mass is 9.96. The minimum atomic E-state index is -4.53. The van der Waals surface area contributed by atoms with Gasteiger partial charge in [0, 0.05) is 12.1 Å². The van der Waals surface area contributed by atoms with Crippen LogP contribution in [-0.4, -0.2) is 32.8 Å². The predicted molar refractivity (Wildman–Crippen MR) is 115 cm³/mol. The molecule has 9 heteroatoms. The lowest BCUT2D eigenvalue weighted by Gasteiger charge is -2.17. The molecule has 0 aliphatic carbocycles. The van der Waals surface area contributed by atoms with Crippen molar-refractivity contribution in [2.75, 3.05) is 6.54 Å². The van der Waals surface area contributed by atoms with Crippen LogP contribution >= 0.6 is 0 Å². The minimum absolute atomic E-state index is 0.00874. The topological polar surface area (TPSA) is 79.5 Å². The molecular weight excluding hydrogens is 435 g/mol. The summed E-state index contributed by atoms with van der Waals surface area (Å²) in [6.07, 6.45) is -2.80. The Morgan fingerprint density at radius 1 is 1.15 bits per heavy atom. The van der Waals surface area contributed by atoms with E-state index in [1.807, 2.05) is 24.3 Å². The van der Waals surface area contributed by atoms with Gasteiger partial charge in [-0.05, 0) is 54.9 Å². The van der Waals surface area contributed by atoms with Gasteiger partial charge in [0.2, 0.25) is 11.7 Å². The molecule has 4 rings (SSSR count). The van der Waals surface area contributed by atoms with Crippen molar-refractivity contribution in [3.8, 4) is 11.4 Å². The number of halogens is 3. The van der Waals surface area contributed by atoms with Gasteiger partial charge >= 0.3 is 12.3 Å². The third kappa shape index (κ3) is 5.02. The van der Waals surface area contributed by atoms with E-state index in [9.17, 15) is 23.1 Å². The second-order valence-corrected chi connectivity index (χ2v) is 8.13. The Bertz CT molecular complexity index is 1130. The lowest BCUT2D eigenvalue weighted by Crippen LogP contribution is -2.28. The number of alkyl halides is 3. The van der Waals surface area contributed by atoms with Crippen LogP contribution in [0.2, 0.25) is 0 Å². The number of hydrogen-bond acceptors (Lipinski definition) is 4. The largest absolute Gasteiger partial charge is 0.465 e. The molecule has 174 valence electrons. The van der Waals surface area contributed by atoms with Gasteiger partial charge in [-0.25, -0.2) is 4.79 Å². The zero-order valence-corrected chi connectivity index (χ0v) is 18.1. The Morgan fingerprint density at radius 2 is 1.88 bits per heavy atom. The summed E-state index contributed by atoms with van der Waals surface area (Å²) in [5, 5.41) is 13.1. The van der Waals surface area contributed by atoms with E-state index in [1.165, 1.54) is 16.5 Å². The molecule has 1 atom stereocenters. The molecule has 1 fully saturated rings. The van der Waals surface area contributed by atoms with E-state index in [-0.39, 0.29) is 29.3 Å². The van der Waals surface area contributed by atoms with Crippen LogP contribution in [0.5, 0.6) is 0 Å². The van der Waals surface area contributed by atoms with E-state index in [0.717, 1.165) is 18.1 Å². The van der Waals surface area contributed by atoms with Crippen molar-refractivity contribution in [1.29, 1.82) is 0 Å². The molecule has 1 amide bonds. The molecule has 1 saturated heterocycles. The van der Waals surface area contributed by atoms with Crippen LogP contribution in [0, 0.1) is 0 Å². The van der Waals surface area contributed by atoms with Gasteiger partial charge in [-0.2, -0.15) is 18.2 Å². The maximum atomic E-state index is 13.8. The molecule has 6 nitrogen and oxygen atoms in total. The van der Waals surface area contributed by atoms with E-state index >= 15 is 0 Å². The minimum Gasteiger partial charge on any atom is -0.465 e. The second kappa shape index (κ2) is 9.25. The number of likely N-dealkylation sites (tertiary alicyclic amines) is 1. The van der Waals surface area contributed by atoms with Gasteiger partial charge < -0.3 is 9.63 Å². The molecule has 0 spiro atoms. The van der Waals surface area contributed by atoms with Gasteiger partial charge in [-0.15, -0.1) is 0 Å². The van der Waals surface area contributed by atoms with Gasteiger partial charge in [-0.3, -0.25) is 4.90 Å². The normalized spacial score (nSPS) is 16.4. The van der Waals surface area contributed by atoms with Gasteiger partial charge in [0.15, 0.2) is 0 Å². The number of rotatable bonds is 6. The smallest absolute Gasteiger partial charge is 0.416 e. The van der Waals surface area contributed by atoms with E-state index in [2.05, 4.69) is 17.1 Å². The maximum absolute atomic E-state index is 13.8. The van der Waals surface area contributed by atoms with E-state index in [1.54, 1.807) is 6.07 Å². The highest BCUT2D eigenvalue weighted by atomic mass is 19.4. The molecule has 0 bridgehead atoms. The first-order valence-electron chi connectivity index (χ1n) is 10.9. The Hall–Kier alpha value is -3.36. The summed E-state index contributed by atoms with van der Waals surface area (Å²) >= 11 is 0. The van der Waals surface area contributed by atoms with Crippen molar-refractivity contribution in [2.24, 2.45) is 0 Å². The van der Waals surface area contributed by atoms with Crippen molar-refractivity contribution >= 4 is 6.09 Å². The molecule has 33 heavy (non-hydrogen) atoms.